The summed E-state index contributed by atoms with van der Waals surface area (Å²) >= 11 is 0. The average molecular weight is 206 g/mol. The van der Waals surface area contributed by atoms with E-state index >= 15 is 0 Å². The lowest BCUT2D eigenvalue weighted by molar-refractivity contribution is 0.236. The third-order valence-electron chi connectivity index (χ3n) is 4.64. The summed E-state index contributed by atoms with van der Waals surface area (Å²) in [6, 6.07) is 0. The molecule has 0 bridgehead atoms. The molecular weight excluding hydrogens is 180 g/mol. The summed E-state index contributed by atoms with van der Waals surface area (Å²) in [4.78, 5) is 0. The van der Waals surface area contributed by atoms with Crippen LogP contribution in [0.3, 0.4) is 0 Å². The highest BCUT2D eigenvalue weighted by Gasteiger charge is 2.41. The first kappa shape index (κ1) is 11.2. The van der Waals surface area contributed by atoms with Gasteiger partial charge in [-0.3, -0.25) is 0 Å². The van der Waals surface area contributed by atoms with Crippen LogP contribution in [0.25, 0.3) is 0 Å². The van der Waals surface area contributed by atoms with Crippen LogP contribution >= 0.6 is 0 Å². The molecule has 0 amide bonds. The third kappa shape index (κ3) is 2.14. The summed E-state index contributed by atoms with van der Waals surface area (Å²) in [5.74, 6) is 3.65. The number of rotatable bonds is 1. The van der Waals surface area contributed by atoms with Crippen molar-refractivity contribution in [2.24, 2.45) is 29.1 Å². The van der Waals surface area contributed by atoms with Gasteiger partial charge in [-0.1, -0.05) is 46.3 Å². The normalized spacial score (nSPS) is 35.9. The van der Waals surface area contributed by atoms with E-state index in [1.54, 1.807) is 5.57 Å². The molecule has 3 unspecified atom stereocenters. The highest BCUT2D eigenvalue weighted by Crippen LogP contribution is 2.51. The Labute approximate surface area is 95.1 Å². The summed E-state index contributed by atoms with van der Waals surface area (Å²) in [7, 11) is 0. The maximum atomic E-state index is 2.61. The van der Waals surface area contributed by atoms with E-state index in [0.29, 0.717) is 5.41 Å². The van der Waals surface area contributed by atoms with Crippen molar-refractivity contribution < 1.29 is 0 Å². The van der Waals surface area contributed by atoms with Gasteiger partial charge in [-0.05, 0) is 48.3 Å². The largest absolute Gasteiger partial charge is 0.0816 e. The van der Waals surface area contributed by atoms with Crippen molar-refractivity contribution in [1.29, 1.82) is 0 Å². The zero-order chi connectivity index (χ0) is 11.2. The Morgan fingerprint density at radius 1 is 1.20 bits per heavy atom. The Hall–Kier alpha value is -0.260. The minimum atomic E-state index is 0.524. The quantitative estimate of drug-likeness (QED) is 0.547. The summed E-state index contributed by atoms with van der Waals surface area (Å²) < 4.78 is 0. The number of hydrogen-bond acceptors (Lipinski definition) is 0. The van der Waals surface area contributed by atoms with Crippen molar-refractivity contribution in [2.45, 2.75) is 53.9 Å². The molecule has 0 aromatic heterocycles. The molecule has 1 saturated carbocycles. The van der Waals surface area contributed by atoms with Crippen LogP contribution in [-0.4, -0.2) is 0 Å². The van der Waals surface area contributed by atoms with Crippen LogP contribution in [0.2, 0.25) is 0 Å². The molecule has 3 atom stereocenters. The van der Waals surface area contributed by atoms with E-state index < -0.39 is 0 Å². The Kier molecular flexibility index (Phi) is 2.73. The first-order chi connectivity index (χ1) is 6.88. The first-order valence-electron chi connectivity index (χ1n) is 6.58. The molecule has 2 rings (SSSR count). The molecule has 0 N–H and O–H groups in total. The van der Waals surface area contributed by atoms with Gasteiger partial charge in [-0.2, -0.15) is 0 Å². The number of allylic oxidation sites excluding steroid dienone is 2. The minimum Gasteiger partial charge on any atom is -0.0816 e. The van der Waals surface area contributed by atoms with Crippen LogP contribution in [-0.2, 0) is 0 Å². The third-order valence-corrected chi connectivity index (χ3v) is 4.64. The molecule has 0 nitrogen and oxygen atoms in total. The summed E-state index contributed by atoms with van der Waals surface area (Å²) in [5, 5.41) is 0. The van der Waals surface area contributed by atoms with Gasteiger partial charge in [0.25, 0.3) is 0 Å². The van der Waals surface area contributed by atoms with Gasteiger partial charge < -0.3 is 0 Å². The molecule has 0 heteroatoms. The predicted octanol–water partition coefficient (Wildman–Crippen LogP) is 4.66. The van der Waals surface area contributed by atoms with E-state index in [1.165, 1.54) is 19.3 Å². The average Bonchev–Trinajstić information content (AvgIpc) is 2.55. The summed E-state index contributed by atoms with van der Waals surface area (Å²) in [6.07, 6.45) is 6.93. The lowest BCUT2D eigenvalue weighted by Crippen LogP contribution is -2.18. The molecule has 0 spiro atoms. The Balaban J connectivity index is 2.03. The Morgan fingerprint density at radius 3 is 2.33 bits per heavy atom. The van der Waals surface area contributed by atoms with Gasteiger partial charge in [0, 0.05) is 0 Å². The molecule has 0 saturated heterocycles. The highest BCUT2D eigenvalue weighted by atomic mass is 14.5. The molecule has 0 aliphatic heterocycles. The maximum Gasteiger partial charge on any atom is -0.0196 e. The summed E-state index contributed by atoms with van der Waals surface area (Å²) in [5.41, 5.74) is 2.26. The van der Waals surface area contributed by atoms with Crippen LogP contribution < -0.4 is 0 Å². The van der Waals surface area contributed by atoms with E-state index in [2.05, 4.69) is 40.7 Å². The monoisotopic (exact) mass is 206 g/mol. The van der Waals surface area contributed by atoms with Crippen molar-refractivity contribution in [3.8, 4) is 0 Å². The lowest BCUT2D eigenvalue weighted by Gasteiger charge is -2.27. The smallest absolute Gasteiger partial charge is 0.0196 e. The predicted molar refractivity (Wildman–Crippen MR) is 66.7 cm³/mol. The van der Waals surface area contributed by atoms with Crippen molar-refractivity contribution in [2.75, 3.05) is 0 Å². The molecule has 0 aromatic rings. The second kappa shape index (κ2) is 3.64. The SMILES string of the molecule is CC(C)C1=CC2CC(C(C)(C)C)CC2C1. The van der Waals surface area contributed by atoms with E-state index in [0.717, 1.165) is 23.7 Å². The fourth-order valence-corrected chi connectivity index (χ4v) is 3.38. The zero-order valence-corrected chi connectivity index (χ0v) is 11.0. The van der Waals surface area contributed by atoms with Crippen molar-refractivity contribution >= 4 is 0 Å². The van der Waals surface area contributed by atoms with E-state index in [9.17, 15) is 0 Å². The fraction of sp³-hybridized carbons (Fsp3) is 0.867. The summed E-state index contributed by atoms with van der Waals surface area (Å²) in [6.45, 7) is 11.9. The van der Waals surface area contributed by atoms with Crippen molar-refractivity contribution in [1.82, 2.24) is 0 Å². The van der Waals surface area contributed by atoms with E-state index in [1.807, 2.05) is 0 Å². The molecule has 0 heterocycles. The molecule has 86 valence electrons. The van der Waals surface area contributed by atoms with Crippen LogP contribution in [0.5, 0.6) is 0 Å². The zero-order valence-electron chi connectivity index (χ0n) is 11.0. The molecule has 2 aliphatic carbocycles. The highest BCUT2D eigenvalue weighted by molar-refractivity contribution is 5.18. The molecule has 1 fully saturated rings. The second-order valence-corrected chi connectivity index (χ2v) is 7.06. The van der Waals surface area contributed by atoms with Gasteiger partial charge in [0.15, 0.2) is 0 Å². The fourth-order valence-electron chi connectivity index (χ4n) is 3.38. The molecule has 2 aliphatic rings. The lowest BCUT2D eigenvalue weighted by atomic mass is 9.78. The van der Waals surface area contributed by atoms with Gasteiger partial charge >= 0.3 is 0 Å². The standard InChI is InChI=1S/C15H26/c1-10(2)11-6-12-8-14(15(3,4)5)9-13(12)7-11/h6,10,12-14H,7-9H2,1-5H3. The van der Waals surface area contributed by atoms with Crippen molar-refractivity contribution in [3.05, 3.63) is 11.6 Å². The first-order valence-corrected chi connectivity index (χ1v) is 6.58. The Bertz CT molecular complexity index is 264. The molecular formula is C15H26. The topological polar surface area (TPSA) is 0 Å². The number of hydrogen-bond donors (Lipinski definition) is 0. The second-order valence-electron chi connectivity index (χ2n) is 7.06. The molecule has 0 aromatic carbocycles. The molecule has 15 heavy (non-hydrogen) atoms. The van der Waals surface area contributed by atoms with Crippen LogP contribution in [0.4, 0.5) is 0 Å². The van der Waals surface area contributed by atoms with Gasteiger partial charge in [0.05, 0.1) is 0 Å². The number of fused-ring (bicyclic) bond motifs is 1. The van der Waals surface area contributed by atoms with Crippen LogP contribution in [0.1, 0.15) is 53.9 Å². The van der Waals surface area contributed by atoms with Crippen LogP contribution in [0.15, 0.2) is 11.6 Å². The molecule has 0 radical (unpaired) electrons. The van der Waals surface area contributed by atoms with Crippen LogP contribution in [0, 0.1) is 29.1 Å². The van der Waals surface area contributed by atoms with Crippen molar-refractivity contribution in [3.63, 3.8) is 0 Å². The van der Waals surface area contributed by atoms with Gasteiger partial charge in [0.2, 0.25) is 0 Å². The Morgan fingerprint density at radius 2 is 1.87 bits per heavy atom. The maximum absolute atomic E-state index is 2.61. The minimum absolute atomic E-state index is 0.524. The van der Waals surface area contributed by atoms with E-state index in [-0.39, 0.29) is 0 Å². The van der Waals surface area contributed by atoms with E-state index in [4.69, 9.17) is 0 Å². The van der Waals surface area contributed by atoms with Gasteiger partial charge in [-0.15, -0.1) is 0 Å². The van der Waals surface area contributed by atoms with Gasteiger partial charge in [-0.25, -0.2) is 0 Å². The van der Waals surface area contributed by atoms with Gasteiger partial charge in [0.1, 0.15) is 0 Å².